The Morgan fingerprint density at radius 1 is 1.47 bits per heavy atom. The van der Waals surface area contributed by atoms with Crippen molar-refractivity contribution in [2.24, 2.45) is 0 Å². The van der Waals surface area contributed by atoms with Crippen molar-refractivity contribution in [3.63, 3.8) is 0 Å². The van der Waals surface area contributed by atoms with Crippen molar-refractivity contribution >= 4 is 23.3 Å². The zero-order chi connectivity index (χ0) is 13.0. The Morgan fingerprint density at radius 3 is 2.65 bits per heavy atom. The first-order valence-electron chi connectivity index (χ1n) is 5.03. The molecule has 6 heteroatoms. The van der Waals surface area contributed by atoms with Crippen molar-refractivity contribution in [1.29, 1.82) is 0 Å². The monoisotopic (exact) mass is 238 g/mol. The Labute approximate surface area is 98.4 Å². The van der Waals surface area contributed by atoms with E-state index in [2.05, 4.69) is 5.32 Å². The molecule has 1 rings (SSSR count). The van der Waals surface area contributed by atoms with Gasteiger partial charge in [0.05, 0.1) is 12.3 Å². The van der Waals surface area contributed by atoms with Gasteiger partial charge in [0.2, 0.25) is 5.91 Å². The summed E-state index contributed by atoms with van der Waals surface area (Å²) in [5, 5.41) is 12.1. The number of ether oxygens (including phenoxy) is 1. The molecule has 0 heterocycles. The maximum atomic E-state index is 11.5. The first-order valence-corrected chi connectivity index (χ1v) is 5.03. The van der Waals surface area contributed by atoms with Gasteiger partial charge in [0.25, 0.3) is 0 Å². The van der Waals surface area contributed by atoms with Gasteiger partial charge in [-0.25, -0.2) is 4.79 Å². The molecule has 0 spiro atoms. The van der Waals surface area contributed by atoms with Crippen LogP contribution in [0.4, 0.5) is 11.4 Å². The van der Waals surface area contributed by atoms with Crippen molar-refractivity contribution < 1.29 is 19.4 Å². The lowest BCUT2D eigenvalue weighted by Crippen LogP contribution is -2.10. The number of carbonyl (C=O) groups excluding carboxylic acids is 2. The molecule has 0 aliphatic heterocycles. The fraction of sp³-hybridized carbons (Fsp3) is 0.273. The van der Waals surface area contributed by atoms with Crippen molar-refractivity contribution in [3.8, 4) is 5.75 Å². The summed E-state index contributed by atoms with van der Waals surface area (Å²) in [5.74, 6) is -1.34. The fourth-order valence-electron chi connectivity index (χ4n) is 1.30. The van der Waals surface area contributed by atoms with Gasteiger partial charge in [-0.05, 0) is 19.1 Å². The van der Waals surface area contributed by atoms with Crippen LogP contribution >= 0.6 is 0 Å². The minimum atomic E-state index is -0.691. The molecule has 0 bridgehead atoms. The average molecular weight is 238 g/mol. The van der Waals surface area contributed by atoms with E-state index in [-0.39, 0.29) is 29.5 Å². The molecule has 1 aromatic rings. The van der Waals surface area contributed by atoms with Gasteiger partial charge >= 0.3 is 5.97 Å². The standard InChI is InChI=1S/C11H14N2O4/c1-3-17-11(16)8-4-7(13-6(2)14)5-9(12)10(8)15/h4-5,15H,3,12H2,1-2H3,(H,13,14). The highest BCUT2D eigenvalue weighted by Gasteiger charge is 2.16. The smallest absolute Gasteiger partial charge is 0.342 e. The molecular weight excluding hydrogens is 224 g/mol. The largest absolute Gasteiger partial charge is 0.505 e. The van der Waals surface area contributed by atoms with E-state index in [9.17, 15) is 14.7 Å². The summed E-state index contributed by atoms with van der Waals surface area (Å²) >= 11 is 0. The summed E-state index contributed by atoms with van der Waals surface area (Å²) in [6.45, 7) is 3.16. The summed E-state index contributed by atoms with van der Waals surface area (Å²) in [5.41, 5.74) is 5.78. The number of esters is 1. The van der Waals surface area contributed by atoms with Gasteiger partial charge in [0, 0.05) is 12.6 Å². The number of hydrogen-bond donors (Lipinski definition) is 3. The van der Waals surface area contributed by atoms with E-state index in [4.69, 9.17) is 10.5 Å². The Kier molecular flexibility index (Phi) is 3.92. The van der Waals surface area contributed by atoms with E-state index in [1.165, 1.54) is 19.1 Å². The van der Waals surface area contributed by atoms with Crippen LogP contribution in [0.1, 0.15) is 24.2 Å². The first-order chi connectivity index (χ1) is 7.95. The summed E-state index contributed by atoms with van der Waals surface area (Å²) in [6.07, 6.45) is 0. The van der Waals surface area contributed by atoms with Gasteiger partial charge < -0.3 is 20.9 Å². The first kappa shape index (κ1) is 12.8. The number of rotatable bonds is 3. The molecule has 1 amide bonds. The van der Waals surface area contributed by atoms with Crippen molar-refractivity contribution in [2.45, 2.75) is 13.8 Å². The average Bonchev–Trinajstić information content (AvgIpc) is 2.22. The van der Waals surface area contributed by atoms with Gasteiger partial charge in [0.1, 0.15) is 5.56 Å². The van der Waals surface area contributed by atoms with Crippen LogP contribution in [0.15, 0.2) is 12.1 Å². The van der Waals surface area contributed by atoms with Crippen LogP contribution in [-0.4, -0.2) is 23.6 Å². The molecule has 0 saturated carbocycles. The summed E-state index contributed by atoms with van der Waals surface area (Å²) in [6, 6.07) is 2.67. The normalized spacial score (nSPS) is 9.76. The summed E-state index contributed by atoms with van der Waals surface area (Å²) < 4.78 is 4.76. The third kappa shape index (κ3) is 3.10. The highest BCUT2D eigenvalue weighted by molar-refractivity contribution is 5.98. The number of phenolic OH excluding ortho intramolecular Hbond substituents is 1. The van der Waals surface area contributed by atoms with Gasteiger partial charge in [-0.1, -0.05) is 0 Å². The second-order valence-corrected chi connectivity index (χ2v) is 3.36. The van der Waals surface area contributed by atoms with Crippen LogP contribution in [0, 0.1) is 0 Å². The van der Waals surface area contributed by atoms with E-state index < -0.39 is 5.97 Å². The Bertz CT molecular complexity index is 457. The van der Waals surface area contributed by atoms with Crippen LogP contribution in [-0.2, 0) is 9.53 Å². The maximum Gasteiger partial charge on any atom is 0.342 e. The molecular formula is C11H14N2O4. The number of hydrogen-bond acceptors (Lipinski definition) is 5. The summed E-state index contributed by atoms with van der Waals surface area (Å²) in [7, 11) is 0. The fourth-order valence-corrected chi connectivity index (χ4v) is 1.30. The molecule has 0 radical (unpaired) electrons. The number of nitrogen functional groups attached to an aromatic ring is 1. The number of phenols is 1. The SMILES string of the molecule is CCOC(=O)c1cc(NC(C)=O)cc(N)c1O. The van der Waals surface area contributed by atoms with Crippen molar-refractivity contribution in [2.75, 3.05) is 17.7 Å². The number of nitrogens with two attached hydrogens (primary N) is 1. The molecule has 92 valence electrons. The maximum absolute atomic E-state index is 11.5. The van der Waals surface area contributed by atoms with Crippen LogP contribution < -0.4 is 11.1 Å². The molecule has 0 aromatic heterocycles. The number of anilines is 2. The lowest BCUT2D eigenvalue weighted by Gasteiger charge is -2.10. The molecule has 1 aromatic carbocycles. The second-order valence-electron chi connectivity index (χ2n) is 3.36. The highest BCUT2D eigenvalue weighted by Crippen LogP contribution is 2.29. The number of amides is 1. The van der Waals surface area contributed by atoms with Crippen LogP contribution in [0.25, 0.3) is 0 Å². The zero-order valence-electron chi connectivity index (χ0n) is 9.61. The topological polar surface area (TPSA) is 102 Å². The third-order valence-electron chi connectivity index (χ3n) is 1.96. The van der Waals surface area contributed by atoms with E-state index in [1.54, 1.807) is 6.92 Å². The molecule has 17 heavy (non-hydrogen) atoms. The molecule has 0 atom stereocenters. The molecule has 0 unspecified atom stereocenters. The van der Waals surface area contributed by atoms with Gasteiger partial charge in [-0.15, -0.1) is 0 Å². The number of benzene rings is 1. The van der Waals surface area contributed by atoms with Crippen LogP contribution in [0.2, 0.25) is 0 Å². The van der Waals surface area contributed by atoms with Crippen LogP contribution in [0.3, 0.4) is 0 Å². The van der Waals surface area contributed by atoms with E-state index in [0.717, 1.165) is 0 Å². The predicted molar refractivity (Wildman–Crippen MR) is 62.8 cm³/mol. The highest BCUT2D eigenvalue weighted by atomic mass is 16.5. The minimum Gasteiger partial charge on any atom is -0.505 e. The molecule has 0 fully saturated rings. The lowest BCUT2D eigenvalue weighted by molar-refractivity contribution is -0.114. The Hall–Kier alpha value is -2.24. The summed E-state index contributed by atoms with van der Waals surface area (Å²) in [4.78, 5) is 22.4. The van der Waals surface area contributed by atoms with Crippen molar-refractivity contribution in [3.05, 3.63) is 17.7 Å². The number of aromatic hydroxyl groups is 1. The Balaban J connectivity index is 3.15. The zero-order valence-corrected chi connectivity index (χ0v) is 9.61. The quantitative estimate of drug-likeness (QED) is 0.317. The van der Waals surface area contributed by atoms with E-state index >= 15 is 0 Å². The van der Waals surface area contributed by atoms with Crippen molar-refractivity contribution in [1.82, 2.24) is 0 Å². The molecule has 0 aliphatic rings. The minimum absolute atomic E-state index is 0.000645. The molecule has 6 nitrogen and oxygen atoms in total. The lowest BCUT2D eigenvalue weighted by atomic mass is 10.1. The number of nitrogens with one attached hydrogen (secondary N) is 1. The number of carbonyl (C=O) groups is 2. The molecule has 4 N–H and O–H groups in total. The Morgan fingerprint density at radius 2 is 2.12 bits per heavy atom. The van der Waals surface area contributed by atoms with Gasteiger partial charge in [0.15, 0.2) is 5.75 Å². The molecule has 0 aliphatic carbocycles. The van der Waals surface area contributed by atoms with E-state index in [0.29, 0.717) is 5.69 Å². The second kappa shape index (κ2) is 5.20. The van der Waals surface area contributed by atoms with Gasteiger partial charge in [-0.2, -0.15) is 0 Å². The van der Waals surface area contributed by atoms with E-state index in [1.807, 2.05) is 0 Å². The van der Waals surface area contributed by atoms with Crippen LogP contribution in [0.5, 0.6) is 5.75 Å². The third-order valence-corrected chi connectivity index (χ3v) is 1.96. The predicted octanol–water partition coefficient (Wildman–Crippen LogP) is 1.11. The molecule has 0 saturated heterocycles. The van der Waals surface area contributed by atoms with Gasteiger partial charge in [-0.3, -0.25) is 4.79 Å².